The summed E-state index contributed by atoms with van der Waals surface area (Å²) in [5, 5.41) is 10.9. The summed E-state index contributed by atoms with van der Waals surface area (Å²) in [5.41, 5.74) is 0.865. The van der Waals surface area contributed by atoms with Crippen LogP contribution in [-0.4, -0.2) is 11.7 Å². The molecule has 0 spiro atoms. The van der Waals surface area contributed by atoms with Gasteiger partial charge in [0.2, 0.25) is 0 Å². The number of hydrogen-bond acceptors (Lipinski definition) is 2. The molecule has 0 unspecified atom stereocenters. The molecule has 2 heteroatoms. The summed E-state index contributed by atoms with van der Waals surface area (Å²) in [5.74, 6) is 0.783. The van der Waals surface area contributed by atoms with E-state index in [9.17, 15) is 5.11 Å². The Hall–Kier alpha value is -1.80. The number of para-hydroxylation sites is 1. The van der Waals surface area contributed by atoms with E-state index in [1.807, 2.05) is 54.6 Å². The van der Waals surface area contributed by atoms with Crippen LogP contribution >= 0.6 is 0 Å². The van der Waals surface area contributed by atoms with Crippen molar-refractivity contribution in [2.24, 2.45) is 0 Å². The van der Waals surface area contributed by atoms with Gasteiger partial charge in [0.1, 0.15) is 11.4 Å². The van der Waals surface area contributed by atoms with Crippen molar-refractivity contribution in [1.82, 2.24) is 0 Å². The standard InChI is InChI=1S/C15H14O2/c16-15(12-6-2-1-3-7-12)10-11-17-14-9-5-4-8-13(14)15/h1-9,16H,10-11H2/t15-/m0/s1. The lowest BCUT2D eigenvalue weighted by Gasteiger charge is -2.34. The summed E-state index contributed by atoms with van der Waals surface area (Å²) >= 11 is 0. The molecule has 2 nitrogen and oxygen atoms in total. The third-order valence-electron chi connectivity index (χ3n) is 3.31. The van der Waals surface area contributed by atoms with Gasteiger partial charge in [-0.3, -0.25) is 0 Å². The largest absolute Gasteiger partial charge is 0.493 e. The van der Waals surface area contributed by atoms with Crippen molar-refractivity contribution in [3.63, 3.8) is 0 Å². The van der Waals surface area contributed by atoms with Crippen LogP contribution < -0.4 is 4.74 Å². The Morgan fingerprint density at radius 3 is 2.47 bits per heavy atom. The number of benzene rings is 2. The van der Waals surface area contributed by atoms with Crippen molar-refractivity contribution >= 4 is 0 Å². The van der Waals surface area contributed by atoms with Crippen LogP contribution in [-0.2, 0) is 5.60 Å². The van der Waals surface area contributed by atoms with Gasteiger partial charge in [-0.15, -0.1) is 0 Å². The average molecular weight is 226 g/mol. The molecule has 1 aliphatic heterocycles. The van der Waals surface area contributed by atoms with Gasteiger partial charge in [-0.1, -0.05) is 48.5 Å². The first-order valence-electron chi connectivity index (χ1n) is 5.81. The van der Waals surface area contributed by atoms with Gasteiger partial charge in [-0.05, 0) is 11.6 Å². The lowest BCUT2D eigenvalue weighted by molar-refractivity contribution is 0.0349. The molecule has 0 bridgehead atoms. The van der Waals surface area contributed by atoms with E-state index in [0.29, 0.717) is 13.0 Å². The summed E-state index contributed by atoms with van der Waals surface area (Å²) in [6.45, 7) is 0.544. The molecule has 0 aromatic heterocycles. The highest BCUT2D eigenvalue weighted by Crippen LogP contribution is 2.41. The zero-order valence-corrected chi connectivity index (χ0v) is 9.47. The minimum atomic E-state index is -0.921. The van der Waals surface area contributed by atoms with E-state index >= 15 is 0 Å². The Morgan fingerprint density at radius 2 is 1.65 bits per heavy atom. The first kappa shape index (κ1) is 10.4. The van der Waals surface area contributed by atoms with Gasteiger partial charge in [0.25, 0.3) is 0 Å². The number of fused-ring (bicyclic) bond motifs is 1. The molecule has 3 rings (SSSR count). The molecule has 0 amide bonds. The van der Waals surface area contributed by atoms with Crippen molar-refractivity contribution in [3.05, 3.63) is 65.7 Å². The maximum atomic E-state index is 10.9. The zero-order chi connectivity index (χ0) is 11.7. The molecule has 0 saturated carbocycles. The molecule has 0 radical (unpaired) electrons. The van der Waals surface area contributed by atoms with Gasteiger partial charge in [-0.25, -0.2) is 0 Å². The van der Waals surface area contributed by atoms with Crippen molar-refractivity contribution < 1.29 is 9.84 Å². The molecule has 0 saturated heterocycles. The molecule has 0 aliphatic carbocycles. The Morgan fingerprint density at radius 1 is 0.941 bits per heavy atom. The lowest BCUT2D eigenvalue weighted by Crippen LogP contribution is -2.33. The molecular weight excluding hydrogens is 212 g/mol. The van der Waals surface area contributed by atoms with Crippen LogP contribution in [0.5, 0.6) is 5.75 Å². The van der Waals surface area contributed by atoms with Crippen molar-refractivity contribution in [2.45, 2.75) is 12.0 Å². The average Bonchev–Trinajstić information content (AvgIpc) is 2.40. The second-order valence-electron chi connectivity index (χ2n) is 4.32. The monoisotopic (exact) mass is 226 g/mol. The van der Waals surface area contributed by atoms with E-state index in [4.69, 9.17) is 4.74 Å². The summed E-state index contributed by atoms with van der Waals surface area (Å²) in [6.07, 6.45) is 0.591. The van der Waals surface area contributed by atoms with Gasteiger partial charge >= 0.3 is 0 Å². The predicted molar refractivity (Wildman–Crippen MR) is 66.0 cm³/mol. The minimum absolute atomic E-state index is 0.544. The Bertz CT molecular complexity index is 521. The van der Waals surface area contributed by atoms with Gasteiger partial charge in [0.15, 0.2) is 0 Å². The van der Waals surface area contributed by atoms with Gasteiger partial charge < -0.3 is 9.84 Å². The summed E-state index contributed by atoms with van der Waals surface area (Å²) in [7, 11) is 0. The molecule has 1 N–H and O–H groups in total. The van der Waals surface area contributed by atoms with E-state index in [1.165, 1.54) is 0 Å². The topological polar surface area (TPSA) is 29.5 Å². The van der Waals surface area contributed by atoms with Crippen LogP contribution in [0.25, 0.3) is 0 Å². The highest BCUT2D eigenvalue weighted by Gasteiger charge is 2.36. The first-order chi connectivity index (χ1) is 8.31. The third-order valence-corrected chi connectivity index (χ3v) is 3.31. The Balaban J connectivity index is 2.16. The summed E-state index contributed by atoms with van der Waals surface area (Å²) in [4.78, 5) is 0. The molecule has 1 aliphatic rings. The fraction of sp³-hybridized carbons (Fsp3) is 0.200. The smallest absolute Gasteiger partial charge is 0.125 e. The molecule has 17 heavy (non-hydrogen) atoms. The highest BCUT2D eigenvalue weighted by atomic mass is 16.5. The van der Waals surface area contributed by atoms with Crippen LogP contribution in [0.15, 0.2) is 54.6 Å². The van der Waals surface area contributed by atoms with E-state index < -0.39 is 5.60 Å². The fourth-order valence-corrected chi connectivity index (χ4v) is 2.39. The van der Waals surface area contributed by atoms with E-state index in [0.717, 1.165) is 16.9 Å². The zero-order valence-electron chi connectivity index (χ0n) is 9.47. The molecule has 1 heterocycles. The quantitative estimate of drug-likeness (QED) is 0.810. The number of hydrogen-bond donors (Lipinski definition) is 1. The first-order valence-corrected chi connectivity index (χ1v) is 5.81. The summed E-state index contributed by atoms with van der Waals surface area (Å²) in [6, 6.07) is 17.5. The lowest BCUT2D eigenvalue weighted by atomic mass is 9.82. The third kappa shape index (κ3) is 1.61. The minimum Gasteiger partial charge on any atom is -0.493 e. The molecule has 0 fully saturated rings. The Labute approximate surface area is 100 Å². The fourth-order valence-electron chi connectivity index (χ4n) is 2.39. The van der Waals surface area contributed by atoms with Crippen LogP contribution in [0.1, 0.15) is 17.5 Å². The number of ether oxygens (including phenoxy) is 1. The van der Waals surface area contributed by atoms with Crippen molar-refractivity contribution in [1.29, 1.82) is 0 Å². The maximum absolute atomic E-state index is 10.9. The molecule has 2 aromatic rings. The second kappa shape index (κ2) is 3.90. The maximum Gasteiger partial charge on any atom is 0.125 e. The summed E-state index contributed by atoms with van der Waals surface area (Å²) < 4.78 is 5.58. The van der Waals surface area contributed by atoms with Crippen molar-refractivity contribution in [2.75, 3.05) is 6.61 Å². The van der Waals surface area contributed by atoms with Gasteiger partial charge in [0, 0.05) is 12.0 Å². The van der Waals surface area contributed by atoms with Crippen LogP contribution in [0, 0.1) is 0 Å². The van der Waals surface area contributed by atoms with Crippen LogP contribution in [0.3, 0.4) is 0 Å². The van der Waals surface area contributed by atoms with E-state index in [-0.39, 0.29) is 0 Å². The number of rotatable bonds is 1. The SMILES string of the molecule is O[C@]1(c2ccccc2)CCOc2ccccc21. The van der Waals surface area contributed by atoms with E-state index in [1.54, 1.807) is 0 Å². The predicted octanol–water partition coefficient (Wildman–Crippen LogP) is 2.71. The second-order valence-corrected chi connectivity index (χ2v) is 4.32. The molecule has 86 valence electrons. The normalized spacial score (nSPS) is 22.6. The van der Waals surface area contributed by atoms with Crippen LogP contribution in [0.4, 0.5) is 0 Å². The Kier molecular flexibility index (Phi) is 2.37. The van der Waals surface area contributed by atoms with Crippen molar-refractivity contribution in [3.8, 4) is 5.75 Å². The van der Waals surface area contributed by atoms with Gasteiger partial charge in [-0.2, -0.15) is 0 Å². The van der Waals surface area contributed by atoms with Crippen LogP contribution in [0.2, 0.25) is 0 Å². The molecule has 2 aromatic carbocycles. The molecule has 1 atom stereocenters. The molecular formula is C15H14O2. The van der Waals surface area contributed by atoms with E-state index in [2.05, 4.69) is 0 Å². The van der Waals surface area contributed by atoms with Gasteiger partial charge in [0.05, 0.1) is 6.61 Å². The highest BCUT2D eigenvalue weighted by molar-refractivity contribution is 5.46. The number of aliphatic hydroxyl groups is 1.